The van der Waals surface area contributed by atoms with Crippen molar-refractivity contribution in [2.45, 2.75) is 25.5 Å². The molecule has 5 heterocycles. The largest absolute Gasteiger partial charge is 0.339 e. The smallest absolute Gasteiger partial charge is 0.274 e. The number of aromatic nitrogens is 4. The van der Waals surface area contributed by atoms with E-state index in [1.807, 2.05) is 66.7 Å². The molecule has 1 saturated heterocycles. The molecule has 0 saturated carbocycles. The SMILES string of the molecule is CCS(=O)(=O)Cc1ccc(C(=O)Nc2ccc(Cl)c(-c3ccccn3)c2)cc1.CONC(=O)c1ccc(C(=O)Nc2ccc(Cl)c(-c3ccccn3)c2)c(Cl)c1.O=C(NO)c1ccc(C(=O)Nc2ccc(Cl)c(-c3ccccn3)c2)c(Cl)c1.O=C(Nc1ccc(Cl)c(-c2ccccn2)c1)c1ccc(C(=O)N2CCCC2)cc1Cl. The topological polar surface area (TPSA) is 310 Å². The molecule has 8 aromatic carbocycles. The molecule has 1 aliphatic heterocycles. The van der Waals surface area contributed by atoms with Gasteiger partial charge in [-0.3, -0.25) is 63.5 Å². The van der Waals surface area contributed by atoms with Gasteiger partial charge in [-0.25, -0.2) is 19.4 Å². The van der Waals surface area contributed by atoms with E-state index in [0.29, 0.717) is 105 Å². The van der Waals surface area contributed by atoms with Gasteiger partial charge in [0.1, 0.15) is 0 Å². The average molecular weight is 1670 g/mol. The maximum absolute atomic E-state index is 12.8. The summed E-state index contributed by atoms with van der Waals surface area (Å²) in [7, 11) is -1.78. The number of likely N-dealkylation sites (tertiary alicyclic amines) is 1. The van der Waals surface area contributed by atoms with Crippen LogP contribution in [0.1, 0.15) is 97.8 Å². The van der Waals surface area contributed by atoms with Crippen molar-refractivity contribution < 1.29 is 52.0 Å². The number of hydroxylamine groups is 2. The van der Waals surface area contributed by atoms with Crippen molar-refractivity contribution >= 4 is 155 Å². The molecule has 12 aromatic rings. The molecule has 30 heteroatoms. The third-order valence-corrected chi connectivity index (χ3v) is 20.7. The van der Waals surface area contributed by atoms with Gasteiger partial charge >= 0.3 is 0 Å². The number of rotatable bonds is 19. The average Bonchev–Trinajstić information content (AvgIpc) is 1.30. The van der Waals surface area contributed by atoms with Gasteiger partial charge in [-0.15, -0.1) is 0 Å². The van der Waals surface area contributed by atoms with Crippen LogP contribution in [0.25, 0.3) is 45.0 Å². The number of amides is 7. The van der Waals surface area contributed by atoms with Crippen LogP contribution in [0, 0.1) is 0 Å². The van der Waals surface area contributed by atoms with Crippen molar-refractivity contribution in [3.8, 4) is 45.0 Å². The molecule has 4 aromatic heterocycles. The van der Waals surface area contributed by atoms with Gasteiger partial charge in [0, 0.05) is 111 Å². The highest BCUT2D eigenvalue weighted by atomic mass is 35.5. The minimum absolute atomic E-state index is 0.0317. The Morgan fingerprint density at radius 2 is 0.717 bits per heavy atom. The lowest BCUT2D eigenvalue weighted by atomic mass is 10.1. The van der Waals surface area contributed by atoms with Crippen LogP contribution in [0.4, 0.5) is 22.7 Å². The zero-order valence-electron chi connectivity index (χ0n) is 59.7. The summed E-state index contributed by atoms with van der Waals surface area (Å²) in [5, 5.41) is 22.4. The summed E-state index contributed by atoms with van der Waals surface area (Å²) in [4.78, 5) is 110. The maximum atomic E-state index is 12.8. The molecule has 7 amide bonds. The molecule has 0 radical (unpaired) electrons. The number of halogens is 7. The molecule has 0 aliphatic carbocycles. The standard InChI is InChI=1S/C23H19Cl2N3O2.C21H19ClN2O3S.C20H15Cl2N3O3.C19H13Cl2N3O3/c24-19-9-7-16(14-18(19)21-5-1-2-10-26-21)27-22(29)17-8-6-15(13-20(17)25)23(30)28-11-3-4-12-28;1-2-28(26,27)14-15-6-8-16(9-7-15)21(25)24-17-10-11-19(22)18(13-17)20-5-3-4-12-23-20;1-28-25-19(26)12-5-7-14(17(22)10-12)20(27)24-13-6-8-16(21)15(11-13)18-4-2-3-9-23-18;20-15-7-5-12(10-14(15)17-3-1-2-8-22-17)23-19(26)13-6-4-11(9-16(13)21)18(25)24-27/h1-2,5-10,13-14H,3-4,11-12H2,(H,27,29);3-13H,2,14H2,1H3,(H,24,25);2-11H,1H3,(H,24,27)(H,25,26);1-10,27H,(H,23,26)(H,24,25). The number of anilines is 4. The number of nitrogens with one attached hydrogen (secondary N) is 6. The number of nitrogens with zero attached hydrogens (tertiary/aromatic N) is 5. The molecule has 7 N–H and O–H groups in total. The van der Waals surface area contributed by atoms with E-state index in [1.54, 1.807) is 158 Å². The summed E-state index contributed by atoms with van der Waals surface area (Å²) in [6.45, 7) is 3.13. The summed E-state index contributed by atoms with van der Waals surface area (Å²) in [5.74, 6) is -2.72. The molecule has 0 atom stereocenters. The molecule has 22 nitrogen and oxygen atoms in total. The first-order valence-electron chi connectivity index (χ1n) is 34.2. The fourth-order valence-corrected chi connectivity index (χ4v) is 13.6. The quantitative estimate of drug-likeness (QED) is 0.0292. The number of hydrogen-bond acceptors (Lipinski definition) is 15. The van der Waals surface area contributed by atoms with E-state index >= 15 is 0 Å². The van der Waals surface area contributed by atoms with Crippen molar-refractivity contribution in [1.29, 1.82) is 0 Å². The number of benzene rings is 8. The number of carbonyl (C=O) groups excluding carboxylic acids is 7. The Bertz CT molecular complexity index is 5590. The van der Waals surface area contributed by atoms with Gasteiger partial charge in [-0.05, 0) is 206 Å². The van der Waals surface area contributed by atoms with Crippen LogP contribution >= 0.6 is 81.2 Å². The second-order valence-corrected chi connectivity index (χ2v) is 29.7. The highest BCUT2D eigenvalue weighted by molar-refractivity contribution is 7.90. The van der Waals surface area contributed by atoms with Gasteiger partial charge in [-0.2, -0.15) is 0 Å². The predicted octanol–water partition coefficient (Wildman–Crippen LogP) is 19.2. The molecule has 0 unspecified atom stereocenters. The van der Waals surface area contributed by atoms with Crippen molar-refractivity contribution in [2.75, 3.05) is 47.2 Å². The first-order chi connectivity index (χ1) is 54.4. The molecule has 113 heavy (non-hydrogen) atoms. The highest BCUT2D eigenvalue weighted by Gasteiger charge is 2.23. The molecule has 1 fully saturated rings. The van der Waals surface area contributed by atoms with E-state index in [9.17, 15) is 42.0 Å². The third kappa shape index (κ3) is 23.1. The van der Waals surface area contributed by atoms with E-state index in [4.69, 9.17) is 86.4 Å². The lowest BCUT2D eigenvalue weighted by Crippen LogP contribution is -2.27. The van der Waals surface area contributed by atoms with Gasteiger partial charge in [0.15, 0.2) is 9.84 Å². The van der Waals surface area contributed by atoms with Crippen molar-refractivity contribution in [2.24, 2.45) is 0 Å². The van der Waals surface area contributed by atoms with Gasteiger partial charge in [0.05, 0.1) is 87.5 Å². The monoisotopic (exact) mass is 1670 g/mol. The van der Waals surface area contributed by atoms with E-state index in [2.05, 4.69) is 51.5 Å². The molecule has 0 bridgehead atoms. The molecule has 574 valence electrons. The Hall–Kier alpha value is -11.5. The zero-order chi connectivity index (χ0) is 80.7. The molecule has 13 rings (SSSR count). The van der Waals surface area contributed by atoms with Crippen LogP contribution in [0.15, 0.2) is 249 Å². The van der Waals surface area contributed by atoms with Crippen LogP contribution in [-0.2, 0) is 20.4 Å². The zero-order valence-corrected chi connectivity index (χ0v) is 65.8. The lowest BCUT2D eigenvalue weighted by molar-refractivity contribution is 0.0537. The number of pyridine rings is 4. The van der Waals surface area contributed by atoms with Gasteiger partial charge in [0.25, 0.3) is 41.4 Å². The van der Waals surface area contributed by atoms with E-state index in [1.165, 1.54) is 49.0 Å². The van der Waals surface area contributed by atoms with Crippen LogP contribution in [0.2, 0.25) is 35.2 Å². The summed E-state index contributed by atoms with van der Waals surface area (Å²) in [6.07, 6.45) is 8.71. The minimum Gasteiger partial charge on any atom is -0.339 e. The molecular weight excluding hydrogens is 1610 g/mol. The number of carbonyl (C=O) groups is 7. The van der Waals surface area contributed by atoms with E-state index in [0.717, 1.165) is 31.5 Å². The van der Waals surface area contributed by atoms with Crippen LogP contribution < -0.4 is 32.2 Å². The van der Waals surface area contributed by atoms with Crippen LogP contribution in [-0.4, -0.2) is 106 Å². The van der Waals surface area contributed by atoms with Crippen molar-refractivity contribution in [1.82, 2.24) is 35.8 Å². The Morgan fingerprint density at radius 3 is 1.04 bits per heavy atom. The minimum atomic E-state index is -3.11. The normalized spacial score (nSPS) is 11.4. The Morgan fingerprint density at radius 1 is 0.389 bits per heavy atom. The fourth-order valence-electron chi connectivity index (χ4n) is 11.0. The van der Waals surface area contributed by atoms with Gasteiger partial charge in [0.2, 0.25) is 0 Å². The Labute approximate surface area is 684 Å². The van der Waals surface area contributed by atoms with E-state index in [-0.39, 0.29) is 66.5 Å². The van der Waals surface area contributed by atoms with Gasteiger partial charge in [-0.1, -0.05) is 125 Å². The summed E-state index contributed by atoms with van der Waals surface area (Å²) in [5.41, 5.74) is 14.2. The second kappa shape index (κ2) is 40.1. The number of sulfone groups is 1. The summed E-state index contributed by atoms with van der Waals surface area (Å²) in [6, 6.07) is 62.3. The molecule has 1 aliphatic rings. The first kappa shape index (κ1) is 84.0. The maximum Gasteiger partial charge on any atom is 0.274 e. The lowest BCUT2D eigenvalue weighted by Gasteiger charge is -2.16. The third-order valence-electron chi connectivity index (χ3n) is 16.8. The van der Waals surface area contributed by atoms with E-state index < -0.39 is 33.5 Å². The van der Waals surface area contributed by atoms with Gasteiger partial charge < -0.3 is 26.2 Å². The fraction of sp³-hybridized carbons (Fsp3) is 0.0964. The summed E-state index contributed by atoms with van der Waals surface area (Å²) >= 11 is 43.7. The Kier molecular flexibility index (Phi) is 29.8. The molecular formula is C83H66Cl7N11O11S. The van der Waals surface area contributed by atoms with Crippen molar-refractivity contribution in [3.63, 3.8) is 0 Å². The highest BCUT2D eigenvalue weighted by Crippen LogP contribution is 2.35. The van der Waals surface area contributed by atoms with Crippen LogP contribution in [0.3, 0.4) is 0 Å². The van der Waals surface area contributed by atoms with Crippen molar-refractivity contribution in [3.05, 3.63) is 329 Å². The summed E-state index contributed by atoms with van der Waals surface area (Å²) < 4.78 is 23.4. The van der Waals surface area contributed by atoms with Crippen LogP contribution in [0.5, 0.6) is 0 Å². The molecule has 0 spiro atoms. The predicted molar refractivity (Wildman–Crippen MR) is 443 cm³/mol. The Balaban J connectivity index is 0.000000160. The second-order valence-electron chi connectivity index (χ2n) is 24.5. The number of hydrogen-bond donors (Lipinski definition) is 7. The first-order valence-corrected chi connectivity index (χ1v) is 38.7.